The SMILES string of the molecule is O=C(CCN1C(=O)NC2(CCCCC2)C1=O)Nc1ccnc(Sc2ccccn2)c1. The first kappa shape index (κ1) is 20.3. The van der Waals surface area contributed by atoms with E-state index >= 15 is 0 Å². The summed E-state index contributed by atoms with van der Waals surface area (Å²) < 4.78 is 0. The minimum atomic E-state index is -0.755. The molecule has 9 heteroatoms. The molecular formula is C21H23N5O3S. The summed E-state index contributed by atoms with van der Waals surface area (Å²) in [6, 6.07) is 8.69. The van der Waals surface area contributed by atoms with E-state index in [0.29, 0.717) is 23.6 Å². The number of hydrogen-bond donors (Lipinski definition) is 2. The standard InChI is InChI=1S/C21H23N5O3S/c27-16(8-13-26-19(28)21(25-20(26)29)9-3-1-4-10-21)24-15-7-12-23-18(14-15)30-17-6-2-5-11-22-17/h2,5-7,11-12,14H,1,3-4,8-10,13H2,(H,25,29)(H,23,24,27). The van der Waals surface area contributed by atoms with E-state index in [2.05, 4.69) is 20.6 Å². The largest absolute Gasteiger partial charge is 0.326 e. The number of nitrogens with one attached hydrogen (secondary N) is 2. The molecule has 4 amide bonds. The van der Waals surface area contributed by atoms with Crippen LogP contribution in [0.25, 0.3) is 0 Å². The molecule has 1 aliphatic heterocycles. The smallest absolute Gasteiger partial charge is 0.325 e. The van der Waals surface area contributed by atoms with Crippen molar-refractivity contribution in [1.29, 1.82) is 0 Å². The predicted molar refractivity (Wildman–Crippen MR) is 112 cm³/mol. The first-order valence-corrected chi connectivity index (χ1v) is 10.9. The highest BCUT2D eigenvalue weighted by molar-refractivity contribution is 7.99. The van der Waals surface area contributed by atoms with E-state index < -0.39 is 11.6 Å². The van der Waals surface area contributed by atoms with Crippen molar-refractivity contribution >= 4 is 35.3 Å². The van der Waals surface area contributed by atoms with E-state index in [1.807, 2.05) is 18.2 Å². The molecule has 0 bridgehead atoms. The summed E-state index contributed by atoms with van der Waals surface area (Å²) in [4.78, 5) is 47.2. The maximum absolute atomic E-state index is 12.8. The average Bonchev–Trinajstić information content (AvgIpc) is 2.97. The molecule has 2 aromatic rings. The molecule has 4 rings (SSSR count). The maximum atomic E-state index is 12.8. The molecule has 1 aliphatic carbocycles. The van der Waals surface area contributed by atoms with Crippen molar-refractivity contribution in [2.75, 3.05) is 11.9 Å². The van der Waals surface area contributed by atoms with Crippen LogP contribution in [0.5, 0.6) is 0 Å². The zero-order valence-corrected chi connectivity index (χ0v) is 17.3. The summed E-state index contributed by atoms with van der Waals surface area (Å²) in [6.07, 6.45) is 7.66. The molecular weight excluding hydrogens is 402 g/mol. The molecule has 2 aromatic heterocycles. The van der Waals surface area contributed by atoms with Gasteiger partial charge in [-0.25, -0.2) is 14.8 Å². The Labute approximate surface area is 178 Å². The summed E-state index contributed by atoms with van der Waals surface area (Å²) in [7, 11) is 0. The molecule has 0 atom stereocenters. The number of rotatable bonds is 6. The summed E-state index contributed by atoms with van der Waals surface area (Å²) in [5.41, 5.74) is -0.150. The fourth-order valence-electron chi connectivity index (χ4n) is 3.87. The normalized spacial score (nSPS) is 17.8. The number of nitrogens with zero attached hydrogens (tertiary/aromatic N) is 3. The quantitative estimate of drug-likeness (QED) is 0.689. The summed E-state index contributed by atoms with van der Waals surface area (Å²) in [6.45, 7) is 0.0683. The Hall–Kier alpha value is -2.94. The van der Waals surface area contributed by atoms with Crippen LogP contribution in [0.2, 0.25) is 0 Å². The second kappa shape index (κ2) is 8.83. The van der Waals surface area contributed by atoms with Crippen LogP contribution in [0.3, 0.4) is 0 Å². The molecule has 1 saturated carbocycles. The number of urea groups is 1. The number of imide groups is 1. The number of carbonyl (C=O) groups excluding carboxylic acids is 3. The second-order valence-corrected chi connectivity index (χ2v) is 8.52. The third-order valence-corrected chi connectivity index (χ3v) is 6.26. The molecule has 30 heavy (non-hydrogen) atoms. The topological polar surface area (TPSA) is 104 Å². The number of pyridine rings is 2. The van der Waals surface area contributed by atoms with Gasteiger partial charge in [0, 0.05) is 31.0 Å². The summed E-state index contributed by atoms with van der Waals surface area (Å²) in [5.74, 6) is -0.460. The molecule has 8 nitrogen and oxygen atoms in total. The Morgan fingerprint density at radius 2 is 1.90 bits per heavy atom. The van der Waals surface area contributed by atoms with E-state index in [-0.39, 0.29) is 24.8 Å². The minimum Gasteiger partial charge on any atom is -0.326 e. The van der Waals surface area contributed by atoms with Gasteiger partial charge in [-0.1, -0.05) is 37.1 Å². The number of carbonyl (C=O) groups is 3. The number of amides is 4. The van der Waals surface area contributed by atoms with Crippen molar-refractivity contribution in [3.8, 4) is 0 Å². The van der Waals surface area contributed by atoms with Crippen LogP contribution in [0, 0.1) is 0 Å². The Morgan fingerprint density at radius 3 is 2.67 bits per heavy atom. The summed E-state index contributed by atoms with van der Waals surface area (Å²) >= 11 is 1.40. The Morgan fingerprint density at radius 1 is 1.10 bits per heavy atom. The van der Waals surface area contributed by atoms with Gasteiger partial charge < -0.3 is 10.6 Å². The Bertz CT molecular complexity index is 947. The van der Waals surface area contributed by atoms with Crippen LogP contribution in [0.4, 0.5) is 10.5 Å². The molecule has 0 radical (unpaired) electrons. The van der Waals surface area contributed by atoms with Crippen molar-refractivity contribution in [2.45, 2.75) is 54.1 Å². The van der Waals surface area contributed by atoms with Crippen LogP contribution >= 0.6 is 11.8 Å². The van der Waals surface area contributed by atoms with E-state index in [9.17, 15) is 14.4 Å². The molecule has 2 N–H and O–H groups in total. The van der Waals surface area contributed by atoms with Gasteiger partial charge in [-0.3, -0.25) is 14.5 Å². The van der Waals surface area contributed by atoms with Crippen LogP contribution in [0.15, 0.2) is 52.8 Å². The van der Waals surface area contributed by atoms with Gasteiger partial charge in [-0.2, -0.15) is 0 Å². The van der Waals surface area contributed by atoms with Crippen molar-refractivity contribution in [3.05, 3.63) is 42.7 Å². The van der Waals surface area contributed by atoms with Crippen molar-refractivity contribution in [1.82, 2.24) is 20.2 Å². The minimum absolute atomic E-state index is 0.0419. The highest BCUT2D eigenvalue weighted by Gasteiger charge is 2.51. The van der Waals surface area contributed by atoms with Gasteiger partial charge in [0.05, 0.1) is 0 Å². The monoisotopic (exact) mass is 425 g/mol. The van der Waals surface area contributed by atoms with Crippen LogP contribution in [-0.4, -0.2) is 44.8 Å². The lowest BCUT2D eigenvalue weighted by Crippen LogP contribution is -2.48. The zero-order chi connectivity index (χ0) is 21.0. The molecule has 3 heterocycles. The maximum Gasteiger partial charge on any atom is 0.325 e. The zero-order valence-electron chi connectivity index (χ0n) is 16.5. The lowest BCUT2D eigenvalue weighted by molar-refractivity contribution is -0.132. The van der Waals surface area contributed by atoms with Crippen molar-refractivity contribution in [2.24, 2.45) is 0 Å². The van der Waals surface area contributed by atoms with Gasteiger partial charge in [0.2, 0.25) is 5.91 Å². The number of anilines is 1. The fraction of sp³-hybridized carbons (Fsp3) is 0.381. The molecule has 2 fully saturated rings. The van der Waals surface area contributed by atoms with Gasteiger partial charge in [-0.05, 0) is 37.1 Å². The first-order chi connectivity index (χ1) is 14.6. The van der Waals surface area contributed by atoms with E-state index in [1.165, 1.54) is 16.7 Å². The Balaban J connectivity index is 1.32. The van der Waals surface area contributed by atoms with E-state index in [1.54, 1.807) is 24.5 Å². The van der Waals surface area contributed by atoms with Gasteiger partial charge >= 0.3 is 6.03 Å². The van der Waals surface area contributed by atoms with Crippen LogP contribution in [0.1, 0.15) is 38.5 Å². The van der Waals surface area contributed by atoms with Gasteiger partial charge in [0.1, 0.15) is 15.6 Å². The van der Waals surface area contributed by atoms with Crippen molar-refractivity contribution in [3.63, 3.8) is 0 Å². The van der Waals surface area contributed by atoms with Crippen LogP contribution < -0.4 is 10.6 Å². The molecule has 156 valence electrons. The van der Waals surface area contributed by atoms with E-state index in [0.717, 1.165) is 24.3 Å². The van der Waals surface area contributed by atoms with Gasteiger partial charge in [0.15, 0.2) is 0 Å². The fourth-order valence-corrected chi connectivity index (χ4v) is 4.64. The average molecular weight is 426 g/mol. The van der Waals surface area contributed by atoms with Gasteiger partial charge in [-0.15, -0.1) is 0 Å². The third-order valence-electron chi connectivity index (χ3n) is 5.38. The second-order valence-electron chi connectivity index (χ2n) is 7.48. The molecule has 0 unspecified atom stereocenters. The van der Waals surface area contributed by atoms with Gasteiger partial charge in [0.25, 0.3) is 5.91 Å². The molecule has 1 saturated heterocycles. The number of aromatic nitrogens is 2. The lowest BCUT2D eigenvalue weighted by atomic mass is 9.82. The molecule has 2 aliphatic rings. The van der Waals surface area contributed by atoms with E-state index in [4.69, 9.17) is 0 Å². The predicted octanol–water partition coefficient (Wildman–Crippen LogP) is 3.21. The highest BCUT2D eigenvalue weighted by atomic mass is 32.2. The lowest BCUT2D eigenvalue weighted by Gasteiger charge is -2.30. The highest BCUT2D eigenvalue weighted by Crippen LogP contribution is 2.33. The summed E-state index contributed by atoms with van der Waals surface area (Å²) in [5, 5.41) is 7.19. The van der Waals surface area contributed by atoms with Crippen LogP contribution in [-0.2, 0) is 9.59 Å². The Kier molecular flexibility index (Phi) is 5.98. The first-order valence-electron chi connectivity index (χ1n) is 10.0. The molecule has 0 aromatic carbocycles. The number of hydrogen-bond acceptors (Lipinski definition) is 6. The molecule has 1 spiro atoms. The third kappa shape index (κ3) is 4.46. The van der Waals surface area contributed by atoms with Crippen molar-refractivity contribution < 1.29 is 14.4 Å².